The van der Waals surface area contributed by atoms with Gasteiger partial charge in [0.25, 0.3) is 0 Å². The van der Waals surface area contributed by atoms with Crippen LogP contribution in [0.2, 0.25) is 0 Å². The Kier molecular flexibility index (Phi) is 1.95. The number of alkyl halides is 2. The molecular weight excluding hydrogens is 148 g/mol. The van der Waals surface area contributed by atoms with Gasteiger partial charge in [0.15, 0.2) is 0 Å². The predicted octanol–water partition coefficient (Wildman–Crippen LogP) is 2.47. The van der Waals surface area contributed by atoms with Crippen LogP contribution in [-0.4, -0.2) is 23.0 Å². The highest BCUT2D eigenvalue weighted by Crippen LogP contribution is 2.37. The van der Waals surface area contributed by atoms with Crippen LogP contribution in [0.15, 0.2) is 0 Å². The molecule has 0 N–H and O–H groups in total. The van der Waals surface area contributed by atoms with Crippen LogP contribution in [0.4, 0.5) is 8.78 Å². The van der Waals surface area contributed by atoms with E-state index in [4.69, 9.17) is 0 Å². The van der Waals surface area contributed by atoms with Gasteiger partial charge in [0.1, 0.15) is 0 Å². The lowest BCUT2D eigenvalue weighted by molar-refractivity contribution is -0.153. The molecule has 0 saturated carbocycles. The molecule has 1 fully saturated rings. The average molecular weight is 163 g/mol. The summed E-state index contributed by atoms with van der Waals surface area (Å²) in [6.45, 7) is 6.00. The molecule has 1 heterocycles. The Morgan fingerprint density at radius 2 is 1.82 bits per heavy atom. The fourth-order valence-electron chi connectivity index (χ4n) is 1.57. The summed E-state index contributed by atoms with van der Waals surface area (Å²) in [4.78, 5) is 1.28. The minimum absolute atomic E-state index is 0.0181. The Morgan fingerprint density at radius 3 is 2.00 bits per heavy atom. The van der Waals surface area contributed by atoms with E-state index in [0.717, 1.165) is 0 Å². The third-order valence-corrected chi connectivity index (χ3v) is 2.06. The minimum atomic E-state index is -2.57. The molecule has 0 amide bonds. The van der Waals surface area contributed by atoms with Crippen molar-refractivity contribution in [2.75, 3.05) is 6.54 Å². The second-order valence-corrected chi connectivity index (χ2v) is 4.09. The van der Waals surface area contributed by atoms with Crippen molar-refractivity contribution in [2.24, 2.45) is 0 Å². The predicted molar refractivity (Wildman–Crippen MR) is 40.6 cm³/mol. The summed E-state index contributed by atoms with van der Waals surface area (Å²) < 4.78 is 26.1. The highest BCUT2D eigenvalue weighted by molar-refractivity contribution is 4.87. The Balaban J connectivity index is 2.73. The molecule has 0 aliphatic carbocycles. The SMILES string of the molecule is CC(C)(C)N1CCCC1(F)F. The van der Waals surface area contributed by atoms with Gasteiger partial charge >= 0.3 is 6.05 Å². The van der Waals surface area contributed by atoms with Crippen molar-refractivity contribution in [3.8, 4) is 0 Å². The van der Waals surface area contributed by atoms with Crippen molar-refractivity contribution in [1.29, 1.82) is 0 Å². The minimum Gasteiger partial charge on any atom is -0.240 e. The van der Waals surface area contributed by atoms with Gasteiger partial charge in [0.05, 0.1) is 0 Å². The van der Waals surface area contributed by atoms with Crippen LogP contribution in [-0.2, 0) is 0 Å². The van der Waals surface area contributed by atoms with Crippen LogP contribution in [0, 0.1) is 0 Å². The molecular formula is C8H15F2N. The lowest BCUT2D eigenvalue weighted by atomic mass is 10.1. The molecule has 1 aliphatic rings. The Labute approximate surface area is 66.4 Å². The smallest absolute Gasteiger partial charge is 0.240 e. The maximum Gasteiger partial charge on any atom is 0.305 e. The highest BCUT2D eigenvalue weighted by Gasteiger charge is 2.46. The topological polar surface area (TPSA) is 3.24 Å². The fraction of sp³-hybridized carbons (Fsp3) is 1.00. The molecule has 3 heteroatoms. The van der Waals surface area contributed by atoms with Crippen molar-refractivity contribution >= 4 is 0 Å². The van der Waals surface area contributed by atoms with Gasteiger partial charge in [-0.2, -0.15) is 8.78 Å². The summed E-state index contributed by atoms with van der Waals surface area (Å²) in [5, 5.41) is 0. The molecule has 1 saturated heterocycles. The lowest BCUT2D eigenvalue weighted by Gasteiger charge is -2.36. The Morgan fingerprint density at radius 1 is 1.27 bits per heavy atom. The summed E-state index contributed by atoms with van der Waals surface area (Å²) in [6.07, 6.45) is 0.633. The zero-order valence-electron chi connectivity index (χ0n) is 7.32. The normalized spacial score (nSPS) is 25.9. The van der Waals surface area contributed by atoms with Gasteiger partial charge in [-0.05, 0) is 27.2 Å². The third kappa shape index (κ3) is 1.70. The van der Waals surface area contributed by atoms with Crippen molar-refractivity contribution < 1.29 is 8.78 Å². The van der Waals surface area contributed by atoms with Gasteiger partial charge in [-0.1, -0.05) is 0 Å². The molecule has 0 bridgehead atoms. The van der Waals surface area contributed by atoms with Crippen LogP contribution in [0.1, 0.15) is 33.6 Å². The molecule has 11 heavy (non-hydrogen) atoms. The van der Waals surface area contributed by atoms with Crippen LogP contribution in [0.25, 0.3) is 0 Å². The maximum absolute atomic E-state index is 13.0. The average Bonchev–Trinajstić information content (AvgIpc) is 2.06. The number of halogens is 2. The molecule has 1 rings (SSSR count). The second-order valence-electron chi connectivity index (χ2n) is 4.09. The van der Waals surface area contributed by atoms with E-state index in [2.05, 4.69) is 0 Å². The van der Waals surface area contributed by atoms with Crippen molar-refractivity contribution in [3.63, 3.8) is 0 Å². The first-order valence-corrected chi connectivity index (χ1v) is 3.99. The molecule has 0 spiro atoms. The first-order valence-electron chi connectivity index (χ1n) is 3.99. The molecule has 0 atom stereocenters. The zero-order valence-corrected chi connectivity index (χ0v) is 7.32. The largest absolute Gasteiger partial charge is 0.305 e. The highest BCUT2D eigenvalue weighted by atomic mass is 19.3. The molecule has 1 nitrogen and oxygen atoms in total. The van der Waals surface area contributed by atoms with E-state index in [9.17, 15) is 8.78 Å². The Hall–Kier alpha value is -0.180. The third-order valence-electron chi connectivity index (χ3n) is 2.06. The number of hydrogen-bond acceptors (Lipinski definition) is 1. The molecule has 0 radical (unpaired) electrons. The molecule has 0 aromatic heterocycles. The molecule has 0 aromatic rings. The lowest BCUT2D eigenvalue weighted by Crippen LogP contribution is -2.48. The van der Waals surface area contributed by atoms with Gasteiger partial charge in [0.2, 0.25) is 0 Å². The van der Waals surface area contributed by atoms with Gasteiger partial charge < -0.3 is 0 Å². The van der Waals surface area contributed by atoms with Crippen molar-refractivity contribution in [1.82, 2.24) is 4.90 Å². The van der Waals surface area contributed by atoms with Gasteiger partial charge in [-0.3, -0.25) is 0 Å². The quantitative estimate of drug-likeness (QED) is 0.496. The molecule has 66 valence electrons. The van der Waals surface area contributed by atoms with Crippen molar-refractivity contribution in [2.45, 2.75) is 45.2 Å². The standard InChI is InChI=1S/C8H15F2N/c1-7(2,3)11-6-4-5-8(11,9)10/h4-6H2,1-3H3. The first kappa shape index (κ1) is 8.91. The van der Waals surface area contributed by atoms with Gasteiger partial charge in [-0.15, -0.1) is 0 Å². The van der Waals surface area contributed by atoms with Gasteiger partial charge in [0, 0.05) is 18.5 Å². The van der Waals surface area contributed by atoms with E-state index in [0.29, 0.717) is 13.0 Å². The summed E-state index contributed by atoms with van der Waals surface area (Å²) >= 11 is 0. The van der Waals surface area contributed by atoms with E-state index in [1.54, 1.807) is 0 Å². The van der Waals surface area contributed by atoms with Crippen LogP contribution in [0.5, 0.6) is 0 Å². The van der Waals surface area contributed by atoms with Crippen LogP contribution in [0.3, 0.4) is 0 Å². The molecule has 1 aliphatic heterocycles. The number of rotatable bonds is 0. The monoisotopic (exact) mass is 163 g/mol. The fourth-order valence-corrected chi connectivity index (χ4v) is 1.57. The number of hydrogen-bond donors (Lipinski definition) is 0. The molecule has 0 unspecified atom stereocenters. The van der Waals surface area contributed by atoms with Crippen LogP contribution >= 0.6 is 0 Å². The van der Waals surface area contributed by atoms with E-state index in [1.165, 1.54) is 4.90 Å². The summed E-state index contributed by atoms with van der Waals surface area (Å²) in [5.74, 6) is 0. The van der Waals surface area contributed by atoms with Crippen molar-refractivity contribution in [3.05, 3.63) is 0 Å². The van der Waals surface area contributed by atoms with E-state index >= 15 is 0 Å². The first-order chi connectivity index (χ1) is 4.84. The summed E-state index contributed by atoms with van der Waals surface area (Å²) in [5.41, 5.74) is -0.403. The Bertz CT molecular complexity index is 149. The molecule has 0 aromatic carbocycles. The summed E-state index contributed by atoms with van der Waals surface area (Å²) in [6, 6.07) is -2.57. The maximum atomic E-state index is 13.0. The van der Waals surface area contributed by atoms with Crippen LogP contribution < -0.4 is 0 Å². The van der Waals surface area contributed by atoms with E-state index in [-0.39, 0.29) is 6.42 Å². The number of likely N-dealkylation sites (tertiary alicyclic amines) is 1. The second kappa shape index (κ2) is 2.41. The summed E-state index contributed by atoms with van der Waals surface area (Å²) in [7, 11) is 0. The van der Waals surface area contributed by atoms with Gasteiger partial charge in [-0.25, -0.2) is 4.90 Å². The number of nitrogens with zero attached hydrogens (tertiary/aromatic N) is 1. The zero-order chi connectivity index (χ0) is 8.70. The van der Waals surface area contributed by atoms with E-state index in [1.807, 2.05) is 20.8 Å². The van der Waals surface area contributed by atoms with E-state index < -0.39 is 11.6 Å².